The number of hydrogen-bond donors (Lipinski definition) is 1. The molecule has 0 spiro atoms. The topological polar surface area (TPSA) is 55.9 Å². The second-order valence-electron chi connectivity index (χ2n) is 4.52. The zero-order valence-corrected chi connectivity index (χ0v) is 10.4. The van der Waals surface area contributed by atoms with Crippen molar-refractivity contribution in [2.75, 3.05) is 0 Å². The Morgan fingerprint density at radius 1 is 1.41 bits per heavy atom. The third-order valence-electron chi connectivity index (χ3n) is 2.83. The predicted octanol–water partition coefficient (Wildman–Crippen LogP) is 1.47. The molecule has 5 heteroatoms. The first-order valence-corrected chi connectivity index (χ1v) is 5.76. The van der Waals surface area contributed by atoms with Crippen LogP contribution in [0, 0.1) is 0 Å². The molecule has 1 atom stereocenters. The Bertz CT molecular complexity index is 486. The van der Waals surface area contributed by atoms with E-state index in [4.69, 9.17) is 0 Å². The summed E-state index contributed by atoms with van der Waals surface area (Å²) in [4.78, 5) is 4.20. The molecular weight excluding hydrogens is 216 g/mol. The molecule has 0 saturated heterocycles. The summed E-state index contributed by atoms with van der Waals surface area (Å²) in [5, 5.41) is 14.3. The lowest BCUT2D eigenvalue weighted by atomic mass is 10.1. The van der Waals surface area contributed by atoms with E-state index in [-0.39, 0.29) is 0 Å². The van der Waals surface area contributed by atoms with Crippen LogP contribution in [0.2, 0.25) is 0 Å². The van der Waals surface area contributed by atoms with Crippen LogP contribution in [0.5, 0.6) is 0 Å². The monoisotopic (exact) mass is 234 g/mol. The van der Waals surface area contributed by atoms with Crippen LogP contribution < -0.4 is 0 Å². The second-order valence-corrected chi connectivity index (χ2v) is 4.52. The molecule has 0 aromatic carbocycles. The van der Waals surface area contributed by atoms with Crippen molar-refractivity contribution in [2.45, 2.75) is 32.4 Å². The third kappa shape index (κ3) is 2.55. The van der Waals surface area contributed by atoms with Crippen molar-refractivity contribution in [1.29, 1.82) is 0 Å². The highest BCUT2D eigenvalue weighted by Gasteiger charge is 2.14. The van der Waals surface area contributed by atoms with Gasteiger partial charge in [-0.25, -0.2) is 4.98 Å². The van der Waals surface area contributed by atoms with Crippen molar-refractivity contribution in [3.8, 4) is 0 Å². The van der Waals surface area contributed by atoms with Gasteiger partial charge in [-0.1, -0.05) is 0 Å². The molecule has 0 fully saturated rings. The fourth-order valence-corrected chi connectivity index (χ4v) is 1.69. The molecule has 2 rings (SSSR count). The van der Waals surface area contributed by atoms with Crippen LogP contribution in [0.15, 0.2) is 24.8 Å². The van der Waals surface area contributed by atoms with Crippen LogP contribution in [0.4, 0.5) is 0 Å². The summed E-state index contributed by atoms with van der Waals surface area (Å²) in [5.74, 6) is 0.870. The molecule has 2 aromatic rings. The van der Waals surface area contributed by atoms with Gasteiger partial charge in [-0.15, -0.1) is 0 Å². The van der Waals surface area contributed by atoms with Crippen LogP contribution in [0.1, 0.15) is 37.4 Å². The molecule has 17 heavy (non-hydrogen) atoms. The lowest BCUT2D eigenvalue weighted by Gasteiger charge is -2.08. The molecule has 0 saturated carbocycles. The zero-order valence-electron chi connectivity index (χ0n) is 10.4. The predicted molar refractivity (Wildman–Crippen MR) is 64.5 cm³/mol. The van der Waals surface area contributed by atoms with E-state index in [1.807, 2.05) is 28.7 Å². The van der Waals surface area contributed by atoms with Crippen molar-refractivity contribution in [1.82, 2.24) is 19.3 Å². The molecule has 1 unspecified atom stereocenters. The summed E-state index contributed by atoms with van der Waals surface area (Å²) in [7, 11) is 1.92. The molecule has 0 aliphatic carbocycles. The molecular formula is C12H18N4O. The van der Waals surface area contributed by atoms with Crippen LogP contribution >= 0.6 is 0 Å². The Labute approximate surface area is 101 Å². The van der Waals surface area contributed by atoms with E-state index in [1.165, 1.54) is 0 Å². The van der Waals surface area contributed by atoms with Gasteiger partial charge in [0.05, 0.1) is 12.3 Å². The number of hydrogen-bond acceptors (Lipinski definition) is 3. The summed E-state index contributed by atoms with van der Waals surface area (Å²) in [5.41, 5.74) is 0.835. The number of nitrogens with zero attached hydrogens (tertiary/aromatic N) is 4. The van der Waals surface area contributed by atoms with Gasteiger partial charge >= 0.3 is 0 Å². The summed E-state index contributed by atoms with van der Waals surface area (Å²) in [6.45, 7) is 4.11. The van der Waals surface area contributed by atoms with E-state index in [1.54, 1.807) is 12.4 Å². The van der Waals surface area contributed by atoms with Crippen LogP contribution in [-0.4, -0.2) is 24.4 Å². The van der Waals surface area contributed by atoms with E-state index in [9.17, 15) is 5.11 Å². The Kier molecular flexibility index (Phi) is 3.28. The first-order valence-electron chi connectivity index (χ1n) is 5.76. The summed E-state index contributed by atoms with van der Waals surface area (Å²) in [6, 6.07) is 0.309. The second kappa shape index (κ2) is 4.71. The van der Waals surface area contributed by atoms with Crippen LogP contribution in [0.3, 0.4) is 0 Å². The van der Waals surface area contributed by atoms with E-state index in [0.29, 0.717) is 12.5 Å². The Morgan fingerprint density at radius 3 is 2.71 bits per heavy atom. The Hall–Kier alpha value is -1.62. The molecule has 0 radical (unpaired) electrons. The van der Waals surface area contributed by atoms with E-state index in [0.717, 1.165) is 11.4 Å². The van der Waals surface area contributed by atoms with Crippen molar-refractivity contribution in [3.63, 3.8) is 0 Å². The highest BCUT2D eigenvalue weighted by molar-refractivity contribution is 5.11. The summed E-state index contributed by atoms with van der Waals surface area (Å²) >= 11 is 0. The summed E-state index contributed by atoms with van der Waals surface area (Å²) < 4.78 is 3.76. The van der Waals surface area contributed by atoms with Gasteiger partial charge in [0.25, 0.3) is 0 Å². The van der Waals surface area contributed by atoms with Gasteiger partial charge in [-0.3, -0.25) is 4.68 Å². The van der Waals surface area contributed by atoms with Crippen molar-refractivity contribution >= 4 is 0 Å². The number of rotatable bonds is 4. The number of aryl methyl sites for hydroxylation is 1. The first kappa shape index (κ1) is 11.9. The molecule has 0 aliphatic rings. The Morgan fingerprint density at radius 2 is 2.18 bits per heavy atom. The number of imidazole rings is 1. The largest absolute Gasteiger partial charge is 0.388 e. The van der Waals surface area contributed by atoms with Gasteiger partial charge in [0, 0.05) is 43.7 Å². The number of aliphatic hydroxyl groups is 1. The number of aliphatic hydroxyl groups excluding tert-OH is 1. The quantitative estimate of drug-likeness (QED) is 0.871. The molecule has 0 bridgehead atoms. The molecule has 0 aliphatic heterocycles. The van der Waals surface area contributed by atoms with Crippen LogP contribution in [0.25, 0.3) is 0 Å². The molecule has 92 valence electrons. The molecule has 5 nitrogen and oxygen atoms in total. The highest BCUT2D eigenvalue weighted by Crippen LogP contribution is 2.17. The minimum atomic E-state index is -0.552. The van der Waals surface area contributed by atoms with E-state index < -0.39 is 6.10 Å². The fourth-order valence-electron chi connectivity index (χ4n) is 1.69. The lowest BCUT2D eigenvalue weighted by Crippen LogP contribution is -2.06. The third-order valence-corrected chi connectivity index (χ3v) is 2.83. The van der Waals surface area contributed by atoms with Gasteiger partial charge in [-0.2, -0.15) is 5.10 Å². The smallest absolute Gasteiger partial charge is 0.111 e. The zero-order chi connectivity index (χ0) is 12.4. The standard InChI is InChI=1S/C12H18N4O/c1-9(2)16-8-10(7-14-16)11(17)6-12-13-4-5-15(12)3/h4-5,7-9,11,17H,6H2,1-3H3. The maximum Gasteiger partial charge on any atom is 0.111 e. The Balaban J connectivity index is 2.09. The minimum absolute atomic E-state index is 0.309. The van der Waals surface area contributed by atoms with Crippen molar-refractivity contribution in [3.05, 3.63) is 36.2 Å². The molecule has 2 aromatic heterocycles. The van der Waals surface area contributed by atoms with Gasteiger partial charge in [0.1, 0.15) is 5.82 Å². The first-order chi connectivity index (χ1) is 8.08. The van der Waals surface area contributed by atoms with Gasteiger partial charge in [0.15, 0.2) is 0 Å². The van der Waals surface area contributed by atoms with E-state index >= 15 is 0 Å². The van der Waals surface area contributed by atoms with Gasteiger partial charge < -0.3 is 9.67 Å². The fraction of sp³-hybridized carbons (Fsp3) is 0.500. The molecule has 2 heterocycles. The average molecular weight is 234 g/mol. The lowest BCUT2D eigenvalue weighted by molar-refractivity contribution is 0.174. The van der Waals surface area contributed by atoms with Crippen molar-refractivity contribution < 1.29 is 5.11 Å². The maximum atomic E-state index is 10.1. The number of aromatic nitrogens is 4. The minimum Gasteiger partial charge on any atom is -0.388 e. The SMILES string of the molecule is CC(C)n1cc(C(O)Cc2nccn2C)cn1. The highest BCUT2D eigenvalue weighted by atomic mass is 16.3. The van der Waals surface area contributed by atoms with E-state index in [2.05, 4.69) is 23.9 Å². The normalized spacial score (nSPS) is 13.2. The molecule has 1 N–H and O–H groups in total. The molecule has 0 amide bonds. The van der Waals surface area contributed by atoms with Gasteiger partial charge in [0.2, 0.25) is 0 Å². The van der Waals surface area contributed by atoms with Crippen LogP contribution in [-0.2, 0) is 13.5 Å². The van der Waals surface area contributed by atoms with Gasteiger partial charge in [-0.05, 0) is 13.8 Å². The average Bonchev–Trinajstić information content (AvgIpc) is 2.88. The maximum absolute atomic E-state index is 10.1. The summed E-state index contributed by atoms with van der Waals surface area (Å²) in [6.07, 6.45) is 7.17. The van der Waals surface area contributed by atoms with Crippen molar-refractivity contribution in [2.24, 2.45) is 7.05 Å².